The Labute approximate surface area is 262 Å². The maximum Gasteiger partial charge on any atom is 0.408 e. The summed E-state index contributed by atoms with van der Waals surface area (Å²) in [6.07, 6.45) is 0.0708. The predicted octanol–water partition coefficient (Wildman–Crippen LogP) is 7.15. The maximum atomic E-state index is 14.8. The van der Waals surface area contributed by atoms with Crippen molar-refractivity contribution >= 4 is 23.6 Å². The fourth-order valence-corrected chi connectivity index (χ4v) is 4.85. The lowest BCUT2D eigenvalue weighted by atomic mass is 9.90. The van der Waals surface area contributed by atoms with E-state index in [-0.39, 0.29) is 18.2 Å². The smallest absolute Gasteiger partial charge is 0.408 e. The minimum absolute atomic E-state index is 0.217. The van der Waals surface area contributed by atoms with E-state index in [1.54, 1.807) is 57.0 Å². The van der Waals surface area contributed by atoms with E-state index < -0.39 is 29.3 Å². The molecule has 0 aliphatic heterocycles. The Balaban J connectivity index is 2.15. The molecule has 44 heavy (non-hydrogen) atoms. The van der Waals surface area contributed by atoms with Crippen LogP contribution in [0.5, 0.6) is 5.75 Å². The van der Waals surface area contributed by atoms with Crippen molar-refractivity contribution in [3.8, 4) is 5.75 Å². The van der Waals surface area contributed by atoms with E-state index >= 15 is 0 Å². The van der Waals surface area contributed by atoms with Crippen LogP contribution in [0, 0.1) is 13.8 Å². The normalized spacial score (nSPS) is 12.9. The number of amides is 3. The molecular formula is C36H47N3O5. The van der Waals surface area contributed by atoms with E-state index in [1.807, 2.05) is 83.1 Å². The van der Waals surface area contributed by atoms with Crippen molar-refractivity contribution < 1.29 is 23.9 Å². The molecule has 3 rings (SSSR count). The van der Waals surface area contributed by atoms with Crippen molar-refractivity contribution in [2.75, 3.05) is 12.4 Å². The van der Waals surface area contributed by atoms with Crippen molar-refractivity contribution in [3.05, 3.63) is 95.1 Å². The van der Waals surface area contributed by atoms with Crippen molar-refractivity contribution in [2.24, 2.45) is 0 Å². The minimum atomic E-state index is -1.00. The van der Waals surface area contributed by atoms with Crippen molar-refractivity contribution in [2.45, 2.75) is 91.5 Å². The molecule has 0 fully saturated rings. The Morgan fingerprint density at radius 3 is 2.05 bits per heavy atom. The number of nitrogens with zero attached hydrogens (tertiary/aromatic N) is 1. The first-order valence-corrected chi connectivity index (χ1v) is 15.0. The Morgan fingerprint density at radius 2 is 1.50 bits per heavy atom. The van der Waals surface area contributed by atoms with E-state index in [0.29, 0.717) is 23.4 Å². The molecule has 0 aliphatic rings. The number of rotatable bonds is 11. The highest BCUT2D eigenvalue weighted by molar-refractivity contribution is 5.99. The standard InChI is InChI=1S/C36H47N3O5/c1-10-36(7,8)39(33(41)30(23-26-14-12-11-13-15-26)38-34(42)44-35(4,5)6)31(27-17-16-24(2)25(3)22-27)32(40)37-28-18-20-29(43-9)21-19-28/h11-22,30-31H,10,23H2,1-9H3,(H,37,40)(H,38,42). The number of hydrogen-bond donors (Lipinski definition) is 2. The van der Waals surface area contributed by atoms with Gasteiger partial charge in [-0.05, 0) is 101 Å². The molecular weight excluding hydrogens is 554 g/mol. The highest BCUT2D eigenvalue weighted by atomic mass is 16.6. The highest BCUT2D eigenvalue weighted by Crippen LogP contribution is 2.34. The lowest BCUT2D eigenvalue weighted by Gasteiger charge is -2.44. The van der Waals surface area contributed by atoms with Crippen LogP contribution in [0.2, 0.25) is 0 Å². The van der Waals surface area contributed by atoms with Crippen molar-refractivity contribution in [1.82, 2.24) is 10.2 Å². The van der Waals surface area contributed by atoms with E-state index in [1.165, 1.54) is 0 Å². The molecule has 0 spiro atoms. The first-order chi connectivity index (χ1) is 20.6. The molecule has 0 saturated heterocycles. The van der Waals surface area contributed by atoms with E-state index in [2.05, 4.69) is 10.6 Å². The Bertz CT molecular complexity index is 1430. The number of carbonyl (C=O) groups excluding carboxylic acids is 3. The quantitative estimate of drug-likeness (QED) is 0.243. The second-order valence-corrected chi connectivity index (χ2v) is 12.7. The maximum absolute atomic E-state index is 14.8. The van der Waals surface area contributed by atoms with Gasteiger partial charge in [0.05, 0.1) is 7.11 Å². The number of ether oxygens (including phenoxy) is 2. The lowest BCUT2D eigenvalue weighted by Crippen LogP contribution is -2.59. The van der Waals surface area contributed by atoms with Gasteiger partial charge in [0.25, 0.3) is 5.91 Å². The third-order valence-electron chi connectivity index (χ3n) is 7.74. The number of carbonyl (C=O) groups is 3. The topological polar surface area (TPSA) is 97.0 Å². The van der Waals surface area contributed by atoms with Gasteiger partial charge in [0.2, 0.25) is 5.91 Å². The fraction of sp³-hybridized carbons (Fsp3) is 0.417. The zero-order chi connectivity index (χ0) is 32.7. The van der Waals surface area contributed by atoms with Crippen LogP contribution < -0.4 is 15.4 Å². The van der Waals surface area contributed by atoms with Crippen molar-refractivity contribution in [1.29, 1.82) is 0 Å². The third-order valence-corrected chi connectivity index (χ3v) is 7.74. The average molecular weight is 602 g/mol. The molecule has 236 valence electrons. The van der Waals surface area contributed by atoms with Crippen LogP contribution in [-0.4, -0.2) is 47.1 Å². The van der Waals surface area contributed by atoms with Gasteiger partial charge in [-0.3, -0.25) is 9.59 Å². The number of anilines is 1. The summed E-state index contributed by atoms with van der Waals surface area (Å²) in [6, 6.07) is 20.3. The zero-order valence-electron chi connectivity index (χ0n) is 27.5. The number of aryl methyl sites for hydroxylation is 2. The summed E-state index contributed by atoms with van der Waals surface area (Å²) >= 11 is 0. The van der Waals surface area contributed by atoms with Crippen LogP contribution in [0.15, 0.2) is 72.8 Å². The molecule has 3 amide bonds. The van der Waals surface area contributed by atoms with Crippen LogP contribution in [0.3, 0.4) is 0 Å². The minimum Gasteiger partial charge on any atom is -0.497 e. The molecule has 2 atom stereocenters. The summed E-state index contributed by atoms with van der Waals surface area (Å²) < 4.78 is 10.8. The zero-order valence-corrected chi connectivity index (χ0v) is 27.5. The average Bonchev–Trinajstić information content (AvgIpc) is 2.96. The van der Waals surface area contributed by atoms with Gasteiger partial charge in [-0.2, -0.15) is 0 Å². The second kappa shape index (κ2) is 14.4. The summed E-state index contributed by atoms with van der Waals surface area (Å²) in [5.41, 5.74) is 2.64. The molecule has 0 saturated carbocycles. The van der Waals surface area contributed by atoms with Crippen LogP contribution in [0.25, 0.3) is 0 Å². The first kappa shape index (κ1) is 34.2. The molecule has 8 heteroatoms. The van der Waals surface area contributed by atoms with Crippen LogP contribution in [-0.2, 0) is 20.7 Å². The molecule has 0 aliphatic carbocycles. The van der Waals surface area contributed by atoms with Gasteiger partial charge in [0.1, 0.15) is 23.4 Å². The largest absolute Gasteiger partial charge is 0.497 e. The second-order valence-electron chi connectivity index (χ2n) is 12.7. The summed E-state index contributed by atoms with van der Waals surface area (Å²) in [7, 11) is 1.58. The predicted molar refractivity (Wildman–Crippen MR) is 175 cm³/mol. The number of hydrogen-bond acceptors (Lipinski definition) is 5. The third kappa shape index (κ3) is 9.09. The highest BCUT2D eigenvalue weighted by Gasteiger charge is 2.43. The lowest BCUT2D eigenvalue weighted by molar-refractivity contribution is -0.147. The Morgan fingerprint density at radius 1 is 0.864 bits per heavy atom. The molecule has 0 heterocycles. The van der Waals surface area contributed by atoms with Gasteiger partial charge >= 0.3 is 6.09 Å². The first-order valence-electron chi connectivity index (χ1n) is 15.0. The van der Waals surface area contributed by atoms with Crippen LogP contribution in [0.1, 0.15) is 76.3 Å². The summed E-state index contributed by atoms with van der Waals surface area (Å²) in [5.74, 6) is -0.0988. The van der Waals surface area contributed by atoms with Gasteiger partial charge in [0.15, 0.2) is 0 Å². The number of nitrogens with one attached hydrogen (secondary N) is 2. The Hall–Kier alpha value is -4.33. The molecule has 0 radical (unpaired) electrons. The van der Waals surface area contributed by atoms with Gasteiger partial charge < -0.3 is 25.0 Å². The number of benzene rings is 3. The van der Waals surface area contributed by atoms with Crippen LogP contribution in [0.4, 0.5) is 10.5 Å². The summed E-state index contributed by atoms with van der Waals surface area (Å²) in [5, 5.41) is 5.85. The SMILES string of the molecule is CCC(C)(C)N(C(=O)C(Cc1ccccc1)NC(=O)OC(C)(C)C)C(C(=O)Nc1ccc(OC)cc1)c1ccc(C)c(C)c1. The Kier molecular flexibility index (Phi) is 11.2. The molecule has 8 nitrogen and oxygen atoms in total. The molecule has 3 aromatic carbocycles. The van der Waals surface area contributed by atoms with Gasteiger partial charge in [-0.15, -0.1) is 0 Å². The van der Waals surface area contributed by atoms with Crippen LogP contribution >= 0.6 is 0 Å². The summed E-state index contributed by atoms with van der Waals surface area (Å²) in [4.78, 5) is 43.8. The van der Waals surface area contributed by atoms with E-state index in [9.17, 15) is 14.4 Å². The monoisotopic (exact) mass is 601 g/mol. The van der Waals surface area contributed by atoms with Gasteiger partial charge in [-0.1, -0.05) is 55.5 Å². The molecule has 2 unspecified atom stereocenters. The molecule has 0 bridgehead atoms. The number of alkyl carbamates (subject to hydrolysis) is 1. The molecule has 2 N–H and O–H groups in total. The summed E-state index contributed by atoms with van der Waals surface area (Å²) in [6.45, 7) is 15.2. The van der Waals surface area contributed by atoms with Gasteiger partial charge in [-0.25, -0.2) is 4.79 Å². The molecule has 3 aromatic rings. The van der Waals surface area contributed by atoms with E-state index in [4.69, 9.17) is 9.47 Å². The molecule has 0 aromatic heterocycles. The van der Waals surface area contributed by atoms with Gasteiger partial charge in [0, 0.05) is 17.6 Å². The number of methoxy groups -OCH3 is 1. The van der Waals surface area contributed by atoms with E-state index in [0.717, 1.165) is 16.7 Å². The van der Waals surface area contributed by atoms with Crippen molar-refractivity contribution in [3.63, 3.8) is 0 Å². The fourth-order valence-electron chi connectivity index (χ4n) is 4.85.